The molecule has 0 unspecified atom stereocenters. The molecule has 2 aromatic heterocycles. The molecule has 6 rings (SSSR count). The Balaban J connectivity index is 1.37. The summed E-state index contributed by atoms with van der Waals surface area (Å²) in [4.78, 5) is 19.7. The Kier molecular flexibility index (Phi) is 7.24. The van der Waals surface area contributed by atoms with E-state index in [0.717, 1.165) is 48.0 Å². The third-order valence-electron chi connectivity index (χ3n) is 8.42. The highest BCUT2D eigenvalue weighted by molar-refractivity contribution is 7.91. The lowest BCUT2D eigenvalue weighted by atomic mass is 9.75. The van der Waals surface area contributed by atoms with E-state index in [1.54, 1.807) is 0 Å². The van der Waals surface area contributed by atoms with Crippen LogP contribution in [0.2, 0.25) is 5.02 Å². The molecule has 0 radical (unpaired) electrons. The van der Waals surface area contributed by atoms with Crippen LogP contribution in [0.1, 0.15) is 50.1 Å². The van der Waals surface area contributed by atoms with Crippen molar-refractivity contribution in [2.45, 2.75) is 50.0 Å². The number of nitriles is 1. The lowest BCUT2D eigenvalue weighted by molar-refractivity contribution is -0.127. The Hall–Kier alpha value is -3.49. The number of halogens is 2. The third-order valence-corrected chi connectivity index (χ3v) is 10.3. The van der Waals surface area contributed by atoms with Crippen LogP contribution in [0.4, 0.5) is 10.1 Å². The van der Waals surface area contributed by atoms with Crippen molar-refractivity contribution in [2.75, 3.05) is 29.5 Å². The Bertz CT molecular complexity index is 1620. The zero-order valence-electron chi connectivity index (χ0n) is 22.4. The molecule has 3 aliphatic rings. The van der Waals surface area contributed by atoms with Gasteiger partial charge in [-0.2, -0.15) is 10.4 Å². The predicted molar refractivity (Wildman–Crippen MR) is 153 cm³/mol. The molecule has 2 atom stereocenters. The van der Waals surface area contributed by atoms with Crippen LogP contribution < -0.4 is 10.2 Å². The van der Waals surface area contributed by atoms with E-state index in [4.69, 9.17) is 16.7 Å². The minimum Gasteiger partial charge on any atom is -0.369 e. The summed E-state index contributed by atoms with van der Waals surface area (Å²) in [6.45, 7) is 0.894. The number of nitrogens with one attached hydrogen (secondary N) is 1. The quantitative estimate of drug-likeness (QED) is 0.447. The van der Waals surface area contributed by atoms with Crippen molar-refractivity contribution in [1.29, 1.82) is 5.26 Å². The van der Waals surface area contributed by atoms with Gasteiger partial charge in [0.2, 0.25) is 5.91 Å². The molecule has 3 fully saturated rings. The number of pyridine rings is 1. The number of benzene rings is 1. The first-order valence-corrected chi connectivity index (χ1v) is 16.1. The van der Waals surface area contributed by atoms with Gasteiger partial charge in [-0.3, -0.25) is 4.79 Å². The minimum absolute atomic E-state index is 0.114. The van der Waals surface area contributed by atoms with E-state index >= 15 is 0 Å². The molecule has 41 heavy (non-hydrogen) atoms. The van der Waals surface area contributed by atoms with Crippen LogP contribution in [0.3, 0.4) is 0 Å². The highest BCUT2D eigenvalue weighted by atomic mass is 35.5. The average Bonchev–Trinajstić information content (AvgIpc) is 3.60. The number of rotatable bonds is 6. The molecule has 1 saturated heterocycles. The summed E-state index contributed by atoms with van der Waals surface area (Å²) in [6.07, 6.45) is 7.53. The van der Waals surface area contributed by atoms with E-state index in [-0.39, 0.29) is 40.1 Å². The average molecular weight is 597 g/mol. The van der Waals surface area contributed by atoms with Gasteiger partial charge in [-0.15, -0.1) is 0 Å². The molecule has 3 aromatic rings. The molecule has 1 N–H and O–H groups in total. The second-order valence-corrected chi connectivity index (χ2v) is 13.9. The summed E-state index contributed by atoms with van der Waals surface area (Å²) < 4.78 is 39.0. The van der Waals surface area contributed by atoms with Gasteiger partial charge < -0.3 is 10.2 Å². The second-order valence-electron chi connectivity index (χ2n) is 11.2. The Morgan fingerprint density at radius 1 is 1.15 bits per heavy atom. The van der Waals surface area contributed by atoms with Crippen LogP contribution in [0.25, 0.3) is 16.9 Å². The van der Waals surface area contributed by atoms with Crippen molar-refractivity contribution in [3.05, 3.63) is 59.3 Å². The predicted octanol–water partition coefficient (Wildman–Crippen LogP) is 4.41. The second kappa shape index (κ2) is 10.7. The molecule has 1 aromatic carbocycles. The molecule has 9 nitrogen and oxygen atoms in total. The first kappa shape index (κ1) is 27.7. The maximum absolute atomic E-state index is 13.8. The summed E-state index contributed by atoms with van der Waals surface area (Å²) in [5, 5.41) is 17.5. The van der Waals surface area contributed by atoms with Gasteiger partial charge in [0.15, 0.2) is 15.7 Å². The van der Waals surface area contributed by atoms with Crippen LogP contribution in [0, 0.1) is 23.1 Å². The van der Waals surface area contributed by atoms with Crippen LogP contribution in [0.5, 0.6) is 0 Å². The fraction of sp³-hybridized carbons (Fsp3) is 0.448. The Morgan fingerprint density at radius 2 is 1.85 bits per heavy atom. The first-order chi connectivity index (χ1) is 19.7. The van der Waals surface area contributed by atoms with Crippen LogP contribution in [-0.2, 0) is 14.6 Å². The monoisotopic (exact) mass is 596 g/mol. The number of carbonyl (C=O) groups excluding carboxylic acids is 1. The van der Waals surface area contributed by atoms with Crippen molar-refractivity contribution in [1.82, 2.24) is 20.1 Å². The molecule has 2 aliphatic carbocycles. The van der Waals surface area contributed by atoms with Gasteiger partial charge in [-0.1, -0.05) is 36.6 Å². The maximum Gasteiger partial charge on any atom is 0.225 e. The highest BCUT2D eigenvalue weighted by Crippen LogP contribution is 2.43. The fourth-order valence-corrected chi connectivity index (χ4v) is 7.32. The van der Waals surface area contributed by atoms with E-state index in [0.29, 0.717) is 32.4 Å². The third kappa shape index (κ3) is 5.68. The molecule has 12 heteroatoms. The lowest BCUT2D eigenvalue weighted by Crippen LogP contribution is -2.42. The van der Waals surface area contributed by atoms with Gasteiger partial charge in [0.05, 0.1) is 34.5 Å². The molecule has 1 aliphatic heterocycles. The Morgan fingerprint density at radius 3 is 2.51 bits per heavy atom. The number of amides is 1. The largest absolute Gasteiger partial charge is 0.369 e. The van der Waals surface area contributed by atoms with Gasteiger partial charge >= 0.3 is 0 Å². The minimum atomic E-state index is -2.99. The fourth-order valence-electron chi connectivity index (χ4n) is 5.88. The van der Waals surface area contributed by atoms with E-state index in [9.17, 15) is 22.9 Å². The molecular formula is C29H30ClFN6O3S. The van der Waals surface area contributed by atoms with Gasteiger partial charge in [0, 0.05) is 42.4 Å². The number of anilines is 1. The number of hydrogen-bond acceptors (Lipinski definition) is 7. The first-order valence-electron chi connectivity index (χ1n) is 13.9. The smallest absolute Gasteiger partial charge is 0.225 e. The molecule has 2 saturated carbocycles. The van der Waals surface area contributed by atoms with Crippen LogP contribution in [-0.4, -0.2) is 59.2 Å². The number of hydrogen-bond donors (Lipinski definition) is 1. The van der Waals surface area contributed by atoms with Gasteiger partial charge in [0.25, 0.3) is 0 Å². The van der Waals surface area contributed by atoms with Gasteiger partial charge in [-0.05, 0) is 49.4 Å². The zero-order valence-corrected chi connectivity index (χ0v) is 24.0. The standard InChI is InChI=1S/C29H30ClFN6O3S/c30-25-15-20(31)16-33-27(25)37-17-24(19-5-7-21(8-6-19)36-11-13-41(39,40)14-12-36)26(35-37)22-3-1-2-4-23(22)28(38)34-29(18-32)9-10-29/h5-8,15-17,22-23H,1-4,9-14H2,(H,34,38)/t22-,23-/m1/s1. The molecule has 1 amide bonds. The van der Waals surface area contributed by atoms with Gasteiger partial charge in [0.1, 0.15) is 11.4 Å². The molecule has 0 spiro atoms. The summed E-state index contributed by atoms with van der Waals surface area (Å²) in [5.41, 5.74) is 2.59. The van der Waals surface area contributed by atoms with Crippen molar-refractivity contribution in [3.63, 3.8) is 0 Å². The van der Waals surface area contributed by atoms with E-state index in [1.807, 2.05) is 30.5 Å². The van der Waals surface area contributed by atoms with E-state index in [1.165, 1.54) is 10.7 Å². The molecular weight excluding hydrogens is 567 g/mol. The van der Waals surface area contributed by atoms with Gasteiger partial charge in [-0.25, -0.2) is 22.5 Å². The number of carbonyl (C=O) groups is 1. The van der Waals surface area contributed by atoms with Crippen molar-refractivity contribution in [2.24, 2.45) is 5.92 Å². The summed E-state index contributed by atoms with van der Waals surface area (Å²) in [6, 6.07) is 11.3. The zero-order chi connectivity index (χ0) is 28.8. The lowest BCUT2D eigenvalue weighted by Gasteiger charge is -2.31. The van der Waals surface area contributed by atoms with Crippen molar-refractivity contribution in [3.8, 4) is 23.0 Å². The summed E-state index contributed by atoms with van der Waals surface area (Å²) in [7, 11) is -2.99. The summed E-state index contributed by atoms with van der Waals surface area (Å²) in [5.74, 6) is -0.663. The highest BCUT2D eigenvalue weighted by Gasteiger charge is 2.47. The molecule has 3 heterocycles. The number of sulfone groups is 1. The molecule has 214 valence electrons. The normalized spacial score (nSPS) is 23.0. The molecule has 0 bridgehead atoms. The Labute approximate surface area is 243 Å². The van der Waals surface area contributed by atoms with Crippen LogP contribution in [0.15, 0.2) is 42.7 Å². The number of aromatic nitrogens is 3. The van der Waals surface area contributed by atoms with Crippen molar-refractivity contribution < 1.29 is 17.6 Å². The summed E-state index contributed by atoms with van der Waals surface area (Å²) >= 11 is 6.35. The van der Waals surface area contributed by atoms with Crippen LogP contribution >= 0.6 is 11.6 Å². The maximum atomic E-state index is 13.8. The van der Waals surface area contributed by atoms with Crippen molar-refractivity contribution >= 4 is 33.0 Å². The number of nitrogens with zero attached hydrogens (tertiary/aromatic N) is 5. The van der Waals surface area contributed by atoms with E-state index < -0.39 is 21.2 Å². The van der Waals surface area contributed by atoms with E-state index in [2.05, 4.69) is 21.3 Å². The topological polar surface area (TPSA) is 121 Å². The SMILES string of the molecule is N#CC1(NC(=O)[C@@H]2CCCC[C@H]2c2nn(-c3ncc(F)cc3Cl)cc2-c2ccc(N3CCS(=O)(=O)CC3)cc2)CC1.